The first-order valence-electron chi connectivity index (χ1n) is 9.90. The number of nitrogens with zero attached hydrogens (tertiary/aromatic N) is 2. The van der Waals surface area contributed by atoms with Gasteiger partial charge in [-0.15, -0.1) is 0 Å². The number of nitrogens with one attached hydrogen (secondary N) is 1. The van der Waals surface area contributed by atoms with E-state index in [2.05, 4.69) is 60.2 Å². The maximum atomic E-state index is 12.3. The minimum absolute atomic E-state index is 0.117. The van der Waals surface area contributed by atoms with Crippen LogP contribution in [0.25, 0.3) is 0 Å². The van der Waals surface area contributed by atoms with Gasteiger partial charge in [-0.25, -0.2) is 0 Å². The standard InChI is InChI=1S/C20H31N3O.CH2O2/c1-4-20(5-2)14-17(21-19(20)24)15-22-10-12-23(13-11-22)18-8-6-16(3)7-9-18;2-1-3/h6-9,17H,4-5,10-15H2,1-3H3,(H,21,24);1H,(H,2,3)/t17-;/m1./s1. The molecule has 0 unspecified atom stereocenters. The molecule has 150 valence electrons. The summed E-state index contributed by atoms with van der Waals surface area (Å²) < 4.78 is 0. The molecule has 2 aliphatic heterocycles. The normalized spacial score (nSPS) is 22.0. The molecule has 3 rings (SSSR count). The molecule has 2 saturated heterocycles. The zero-order chi connectivity index (χ0) is 19.9. The lowest BCUT2D eigenvalue weighted by Gasteiger charge is -2.37. The first kappa shape index (κ1) is 21.2. The summed E-state index contributed by atoms with van der Waals surface area (Å²) in [7, 11) is 0. The van der Waals surface area contributed by atoms with Gasteiger partial charge in [-0.05, 0) is 38.3 Å². The summed E-state index contributed by atoms with van der Waals surface area (Å²) >= 11 is 0. The van der Waals surface area contributed by atoms with E-state index in [1.807, 2.05) is 0 Å². The summed E-state index contributed by atoms with van der Waals surface area (Å²) in [6.07, 6.45) is 2.90. The second-order valence-electron chi connectivity index (χ2n) is 7.59. The lowest BCUT2D eigenvalue weighted by Crippen LogP contribution is -2.50. The highest BCUT2D eigenvalue weighted by atomic mass is 16.3. The number of rotatable bonds is 5. The molecule has 6 heteroatoms. The Morgan fingerprint density at radius 3 is 2.19 bits per heavy atom. The van der Waals surface area contributed by atoms with Crippen LogP contribution in [0.15, 0.2) is 24.3 Å². The van der Waals surface area contributed by atoms with E-state index in [9.17, 15) is 4.79 Å². The number of benzene rings is 1. The minimum atomic E-state index is -0.250. The smallest absolute Gasteiger partial charge is 0.290 e. The molecule has 0 saturated carbocycles. The van der Waals surface area contributed by atoms with Crippen LogP contribution in [-0.2, 0) is 9.59 Å². The van der Waals surface area contributed by atoms with Crippen molar-refractivity contribution in [3.63, 3.8) is 0 Å². The van der Waals surface area contributed by atoms with Gasteiger partial charge in [0.15, 0.2) is 0 Å². The molecular formula is C21H33N3O3. The van der Waals surface area contributed by atoms with Crippen molar-refractivity contribution in [3.8, 4) is 0 Å². The number of hydrogen-bond acceptors (Lipinski definition) is 4. The molecule has 2 aliphatic rings. The number of carbonyl (C=O) groups excluding carboxylic acids is 1. The van der Waals surface area contributed by atoms with Gasteiger partial charge in [0.1, 0.15) is 0 Å². The number of piperazine rings is 1. The summed E-state index contributed by atoms with van der Waals surface area (Å²) in [5, 5.41) is 10.1. The molecule has 1 aromatic carbocycles. The van der Waals surface area contributed by atoms with Crippen LogP contribution in [0.3, 0.4) is 0 Å². The quantitative estimate of drug-likeness (QED) is 0.774. The van der Waals surface area contributed by atoms with Gasteiger partial charge in [0.05, 0.1) is 5.41 Å². The molecular weight excluding hydrogens is 342 g/mol. The first-order chi connectivity index (χ1) is 13.0. The molecule has 6 nitrogen and oxygen atoms in total. The van der Waals surface area contributed by atoms with E-state index in [1.165, 1.54) is 11.3 Å². The van der Waals surface area contributed by atoms with Crippen LogP contribution in [0, 0.1) is 12.3 Å². The van der Waals surface area contributed by atoms with Crippen molar-refractivity contribution >= 4 is 18.1 Å². The van der Waals surface area contributed by atoms with Crippen molar-refractivity contribution in [2.24, 2.45) is 5.41 Å². The summed E-state index contributed by atoms with van der Waals surface area (Å²) in [4.78, 5) is 25.7. The monoisotopic (exact) mass is 375 g/mol. The fourth-order valence-electron chi connectivity index (χ4n) is 4.18. The lowest BCUT2D eigenvalue weighted by molar-refractivity contribution is -0.128. The molecule has 2 heterocycles. The van der Waals surface area contributed by atoms with Crippen LogP contribution in [0.1, 0.15) is 38.7 Å². The summed E-state index contributed by atoms with van der Waals surface area (Å²) in [5.41, 5.74) is 2.52. The number of hydrogen-bond donors (Lipinski definition) is 2. The van der Waals surface area contributed by atoms with E-state index in [1.54, 1.807) is 0 Å². The van der Waals surface area contributed by atoms with Gasteiger partial charge in [-0.2, -0.15) is 0 Å². The van der Waals surface area contributed by atoms with Crippen molar-refractivity contribution in [2.75, 3.05) is 37.6 Å². The van der Waals surface area contributed by atoms with Gasteiger partial charge in [-0.3, -0.25) is 14.5 Å². The SMILES string of the molecule is CCC1(CC)C[C@H](CN2CCN(c3ccc(C)cc3)CC2)NC1=O.O=CO. The summed E-state index contributed by atoms with van der Waals surface area (Å²) in [6.45, 7) is 11.4. The molecule has 0 bridgehead atoms. The zero-order valence-corrected chi connectivity index (χ0v) is 16.8. The van der Waals surface area contributed by atoms with E-state index < -0.39 is 0 Å². The number of carboxylic acid groups (broad SMARTS) is 1. The largest absolute Gasteiger partial charge is 0.483 e. The molecule has 2 fully saturated rings. The van der Waals surface area contributed by atoms with Crippen molar-refractivity contribution in [1.82, 2.24) is 10.2 Å². The van der Waals surface area contributed by atoms with Crippen LogP contribution in [-0.4, -0.2) is 61.2 Å². The maximum absolute atomic E-state index is 12.3. The van der Waals surface area contributed by atoms with Gasteiger partial charge in [-0.1, -0.05) is 31.5 Å². The molecule has 1 atom stereocenters. The van der Waals surface area contributed by atoms with E-state index in [0.717, 1.165) is 52.0 Å². The fraction of sp³-hybridized carbons (Fsp3) is 0.619. The summed E-state index contributed by atoms with van der Waals surface area (Å²) in [6, 6.07) is 9.14. The Hall–Kier alpha value is -2.08. The van der Waals surface area contributed by atoms with Crippen molar-refractivity contribution in [2.45, 2.75) is 46.1 Å². The second kappa shape index (κ2) is 9.74. The Morgan fingerprint density at radius 2 is 1.70 bits per heavy atom. The van der Waals surface area contributed by atoms with Gasteiger partial charge in [0, 0.05) is 44.5 Å². The average Bonchev–Trinajstić information content (AvgIpc) is 2.99. The highest BCUT2D eigenvalue weighted by Gasteiger charge is 2.44. The Labute approximate surface area is 162 Å². The highest BCUT2D eigenvalue weighted by Crippen LogP contribution is 2.37. The lowest BCUT2D eigenvalue weighted by atomic mass is 9.79. The third-order valence-electron chi connectivity index (χ3n) is 6.06. The Balaban J connectivity index is 0.000000817. The van der Waals surface area contributed by atoms with Crippen LogP contribution < -0.4 is 10.2 Å². The van der Waals surface area contributed by atoms with E-state index in [0.29, 0.717) is 6.04 Å². The van der Waals surface area contributed by atoms with Crippen LogP contribution in [0.2, 0.25) is 0 Å². The molecule has 2 N–H and O–H groups in total. The number of amides is 1. The molecule has 27 heavy (non-hydrogen) atoms. The molecule has 0 spiro atoms. The van der Waals surface area contributed by atoms with Gasteiger partial charge in [0.2, 0.25) is 5.91 Å². The number of anilines is 1. The van der Waals surface area contributed by atoms with E-state index in [4.69, 9.17) is 9.90 Å². The first-order valence-corrected chi connectivity index (χ1v) is 9.90. The number of aryl methyl sites for hydroxylation is 1. The van der Waals surface area contributed by atoms with Crippen LogP contribution >= 0.6 is 0 Å². The van der Waals surface area contributed by atoms with Gasteiger partial charge in [0.25, 0.3) is 6.47 Å². The highest BCUT2D eigenvalue weighted by molar-refractivity contribution is 5.85. The molecule has 1 aromatic rings. The van der Waals surface area contributed by atoms with Crippen LogP contribution in [0.4, 0.5) is 5.69 Å². The molecule has 1 amide bonds. The fourth-order valence-corrected chi connectivity index (χ4v) is 4.18. The van der Waals surface area contributed by atoms with Gasteiger partial charge >= 0.3 is 0 Å². The van der Waals surface area contributed by atoms with Crippen molar-refractivity contribution in [3.05, 3.63) is 29.8 Å². The topological polar surface area (TPSA) is 72.9 Å². The van der Waals surface area contributed by atoms with Crippen molar-refractivity contribution in [1.29, 1.82) is 0 Å². The van der Waals surface area contributed by atoms with Gasteiger partial charge < -0.3 is 15.3 Å². The predicted molar refractivity (Wildman–Crippen MR) is 108 cm³/mol. The van der Waals surface area contributed by atoms with E-state index >= 15 is 0 Å². The Morgan fingerprint density at radius 1 is 1.15 bits per heavy atom. The molecule has 0 radical (unpaired) electrons. The van der Waals surface area contributed by atoms with E-state index in [-0.39, 0.29) is 17.8 Å². The third-order valence-corrected chi connectivity index (χ3v) is 6.06. The number of carbonyl (C=O) groups is 2. The second-order valence-corrected chi connectivity index (χ2v) is 7.59. The van der Waals surface area contributed by atoms with Crippen molar-refractivity contribution < 1.29 is 14.7 Å². The maximum Gasteiger partial charge on any atom is 0.290 e. The molecule has 0 aromatic heterocycles. The Bertz CT molecular complexity index is 606. The predicted octanol–water partition coefficient (Wildman–Crippen LogP) is 2.51. The zero-order valence-electron chi connectivity index (χ0n) is 16.8. The molecule has 0 aliphatic carbocycles. The van der Waals surface area contributed by atoms with Crippen LogP contribution in [0.5, 0.6) is 0 Å². The Kier molecular flexibility index (Phi) is 7.66. The minimum Gasteiger partial charge on any atom is -0.483 e. The third kappa shape index (κ3) is 5.22. The average molecular weight is 376 g/mol. The summed E-state index contributed by atoms with van der Waals surface area (Å²) in [5.74, 6) is 0.274.